The van der Waals surface area contributed by atoms with Gasteiger partial charge in [0.25, 0.3) is 10.4 Å². The number of phenolic OH excluding ortho intramolecular Hbond substituents is 7. The zero-order valence-electron chi connectivity index (χ0n) is 19.3. The summed E-state index contributed by atoms with van der Waals surface area (Å²) >= 11 is 0. The SMILES string of the molecule is O=C(Oc1c(-c2cc(O)c(O)c(OS(=O)(=O)[O-])c2)oc2cc(O)cc(O)c2c1=O)c1cc(O)c(O)c(O)c1.[K+]. The molecule has 0 saturated heterocycles. The number of fused-ring (bicyclic) bond motifs is 1. The minimum absolute atomic E-state index is 0. The Bertz CT molecular complexity index is 1790. The monoisotopic (exact) mass is 588 g/mol. The van der Waals surface area contributed by atoms with Gasteiger partial charge in [-0.15, -0.1) is 0 Å². The van der Waals surface area contributed by atoms with Crippen molar-refractivity contribution in [2.75, 3.05) is 0 Å². The summed E-state index contributed by atoms with van der Waals surface area (Å²) in [5.41, 5.74) is -2.84. The topological polar surface area (TPSA) is 265 Å². The molecule has 0 atom stereocenters. The van der Waals surface area contributed by atoms with Crippen LogP contribution in [0, 0.1) is 0 Å². The minimum atomic E-state index is -5.48. The van der Waals surface area contributed by atoms with Crippen LogP contribution in [-0.4, -0.2) is 54.7 Å². The van der Waals surface area contributed by atoms with E-state index in [2.05, 4.69) is 4.18 Å². The first-order valence-electron chi connectivity index (χ1n) is 9.87. The van der Waals surface area contributed by atoms with Gasteiger partial charge in [-0.3, -0.25) is 4.79 Å². The van der Waals surface area contributed by atoms with Crippen molar-refractivity contribution in [3.63, 3.8) is 0 Å². The van der Waals surface area contributed by atoms with Gasteiger partial charge in [-0.1, -0.05) is 0 Å². The number of carbonyl (C=O) groups is 1. The summed E-state index contributed by atoms with van der Waals surface area (Å²) in [6, 6.07) is 4.30. The third-order valence-electron chi connectivity index (χ3n) is 4.93. The fourth-order valence-electron chi connectivity index (χ4n) is 3.32. The summed E-state index contributed by atoms with van der Waals surface area (Å²) in [4.78, 5) is 26.0. The summed E-state index contributed by atoms with van der Waals surface area (Å²) in [7, 11) is -5.48. The van der Waals surface area contributed by atoms with Crippen molar-refractivity contribution in [1.29, 1.82) is 0 Å². The molecule has 39 heavy (non-hydrogen) atoms. The second kappa shape index (κ2) is 10.8. The molecule has 0 saturated carbocycles. The summed E-state index contributed by atoms with van der Waals surface area (Å²) in [5, 5.41) is 68.1. The molecule has 7 N–H and O–H groups in total. The van der Waals surface area contributed by atoms with Crippen molar-refractivity contribution < 1.29 is 118 Å². The maximum atomic E-state index is 13.3. The molecule has 1 aromatic heterocycles. The first-order chi connectivity index (χ1) is 17.7. The number of ether oxygens (including phenoxy) is 1. The van der Waals surface area contributed by atoms with Gasteiger partial charge in [0.1, 0.15) is 22.5 Å². The van der Waals surface area contributed by atoms with E-state index in [1.807, 2.05) is 0 Å². The molecule has 0 spiro atoms. The normalized spacial score (nSPS) is 11.1. The molecule has 0 aliphatic heterocycles. The van der Waals surface area contributed by atoms with Gasteiger partial charge in [0, 0.05) is 17.7 Å². The van der Waals surface area contributed by atoms with Crippen LogP contribution in [0.4, 0.5) is 0 Å². The Morgan fingerprint density at radius 1 is 0.821 bits per heavy atom. The molecule has 1 heterocycles. The minimum Gasteiger partial charge on any atom is -0.716 e. The van der Waals surface area contributed by atoms with Crippen LogP contribution < -0.4 is 65.7 Å². The van der Waals surface area contributed by atoms with E-state index in [1.165, 1.54) is 0 Å². The first-order valence-corrected chi connectivity index (χ1v) is 11.2. The van der Waals surface area contributed by atoms with Crippen LogP contribution >= 0.6 is 0 Å². The average molecular weight is 588 g/mol. The standard InChI is InChI=1S/C22H14O15S.K/c23-9-5-10(24)16-14(6-9)35-20(7-1-13(27)18(29)15(4-7)37-38(32,33)34)21(19(16)30)36-22(31)8-2-11(25)17(28)12(26)3-8;/h1-6,23-29H,(H,32,33,34);/q;+1/p-1. The zero-order valence-corrected chi connectivity index (χ0v) is 23.2. The second-order valence-corrected chi connectivity index (χ2v) is 8.50. The van der Waals surface area contributed by atoms with Crippen LogP contribution in [0.3, 0.4) is 0 Å². The van der Waals surface area contributed by atoms with Crippen LogP contribution in [-0.2, 0) is 10.4 Å². The number of hydrogen-bond acceptors (Lipinski definition) is 15. The Morgan fingerprint density at radius 2 is 1.41 bits per heavy atom. The van der Waals surface area contributed by atoms with Crippen LogP contribution in [0.15, 0.2) is 45.6 Å². The molecule has 3 aromatic carbocycles. The average Bonchev–Trinajstić information content (AvgIpc) is 2.80. The number of rotatable bonds is 5. The molecular weight excluding hydrogens is 575 g/mol. The summed E-state index contributed by atoms with van der Waals surface area (Å²) < 4.78 is 47.8. The Morgan fingerprint density at radius 3 is 2.00 bits per heavy atom. The molecule has 0 unspecified atom stereocenters. The first kappa shape index (κ1) is 29.8. The van der Waals surface area contributed by atoms with Crippen LogP contribution in [0.25, 0.3) is 22.3 Å². The van der Waals surface area contributed by atoms with Crippen molar-refractivity contribution in [1.82, 2.24) is 0 Å². The largest absolute Gasteiger partial charge is 1.00 e. The smallest absolute Gasteiger partial charge is 0.716 e. The third kappa shape index (κ3) is 5.98. The maximum Gasteiger partial charge on any atom is 1.00 e. The van der Waals surface area contributed by atoms with Crippen molar-refractivity contribution in [3.05, 3.63) is 52.2 Å². The number of benzene rings is 3. The Hall–Kier alpha value is -3.71. The van der Waals surface area contributed by atoms with Crippen LogP contribution in [0.2, 0.25) is 0 Å². The number of carbonyl (C=O) groups excluding carboxylic acids is 1. The Kier molecular flexibility index (Phi) is 8.27. The number of esters is 1. The zero-order chi connectivity index (χ0) is 28.1. The van der Waals surface area contributed by atoms with Crippen molar-refractivity contribution in [2.24, 2.45) is 0 Å². The molecule has 4 aromatic rings. The maximum absolute atomic E-state index is 13.3. The molecule has 4 rings (SSSR count). The Labute approximate surface area is 258 Å². The molecule has 0 aliphatic carbocycles. The van der Waals surface area contributed by atoms with Gasteiger partial charge in [0.15, 0.2) is 34.5 Å². The van der Waals surface area contributed by atoms with Crippen LogP contribution in [0.1, 0.15) is 10.4 Å². The summed E-state index contributed by atoms with van der Waals surface area (Å²) in [5.74, 6) is -10.8. The third-order valence-corrected chi connectivity index (χ3v) is 5.31. The van der Waals surface area contributed by atoms with Gasteiger partial charge >= 0.3 is 57.4 Å². The predicted octanol–water partition coefficient (Wildman–Crippen LogP) is -1.54. The fourth-order valence-corrected chi connectivity index (χ4v) is 3.67. The molecule has 198 valence electrons. The van der Waals surface area contributed by atoms with E-state index < -0.39 is 101 Å². The number of phenols is 7. The van der Waals surface area contributed by atoms with E-state index >= 15 is 0 Å². The van der Waals surface area contributed by atoms with Gasteiger partial charge in [-0.2, -0.15) is 0 Å². The van der Waals surface area contributed by atoms with Crippen molar-refractivity contribution in [2.45, 2.75) is 0 Å². The molecule has 0 radical (unpaired) electrons. The van der Waals surface area contributed by atoms with Gasteiger partial charge in [0.05, 0.1) is 5.56 Å². The molecular formula is C22H13KO15S. The molecule has 0 amide bonds. The summed E-state index contributed by atoms with van der Waals surface area (Å²) in [6.45, 7) is 0. The van der Waals surface area contributed by atoms with Crippen molar-refractivity contribution in [3.8, 4) is 63.1 Å². The van der Waals surface area contributed by atoms with E-state index in [0.29, 0.717) is 24.3 Å². The number of hydrogen-bond donors (Lipinski definition) is 7. The van der Waals surface area contributed by atoms with E-state index in [4.69, 9.17) is 9.15 Å². The molecule has 0 bridgehead atoms. The van der Waals surface area contributed by atoms with Gasteiger partial charge < -0.3 is 53.6 Å². The summed E-state index contributed by atoms with van der Waals surface area (Å²) in [6.07, 6.45) is 0. The predicted molar refractivity (Wildman–Crippen MR) is 121 cm³/mol. The quantitative estimate of drug-likeness (QED) is 0.0458. The molecule has 0 fully saturated rings. The van der Waals surface area contributed by atoms with Gasteiger partial charge in [-0.25, -0.2) is 13.2 Å². The molecule has 0 aliphatic rings. The molecule has 15 nitrogen and oxygen atoms in total. The molecule has 17 heteroatoms. The second-order valence-electron chi connectivity index (χ2n) is 7.51. The number of aromatic hydroxyl groups is 7. The van der Waals surface area contributed by atoms with Gasteiger partial charge in [0.2, 0.25) is 16.9 Å². The van der Waals surface area contributed by atoms with Crippen LogP contribution in [0.5, 0.6) is 51.7 Å². The van der Waals surface area contributed by atoms with E-state index in [1.54, 1.807) is 0 Å². The van der Waals surface area contributed by atoms with Gasteiger partial charge in [-0.05, 0) is 24.3 Å². The Balaban J connectivity index is 0.00000420. The van der Waals surface area contributed by atoms with Crippen molar-refractivity contribution >= 4 is 27.3 Å². The van der Waals surface area contributed by atoms with E-state index in [-0.39, 0.29) is 51.4 Å². The van der Waals surface area contributed by atoms with E-state index in [9.17, 15) is 58.3 Å². The van der Waals surface area contributed by atoms with E-state index in [0.717, 1.165) is 12.1 Å². The fraction of sp³-hybridized carbons (Fsp3) is 0.